The Morgan fingerprint density at radius 3 is 2.43 bits per heavy atom. The SMILES string of the molecule is Cc1oc(C2CCN(C(=O)c3cccc(Br)c3)CC2)nc1C(=O)N1CCCC1. The van der Waals surface area contributed by atoms with E-state index >= 15 is 0 Å². The molecule has 0 spiro atoms. The Balaban J connectivity index is 1.40. The Kier molecular flexibility index (Phi) is 5.53. The molecule has 2 saturated heterocycles. The topological polar surface area (TPSA) is 66.7 Å². The van der Waals surface area contributed by atoms with Gasteiger partial charge in [0.1, 0.15) is 5.76 Å². The fourth-order valence-corrected chi connectivity index (χ4v) is 4.39. The van der Waals surface area contributed by atoms with Crippen molar-refractivity contribution in [1.82, 2.24) is 14.8 Å². The first-order valence-corrected chi connectivity index (χ1v) is 10.6. The Morgan fingerprint density at radius 2 is 1.75 bits per heavy atom. The molecule has 3 heterocycles. The second kappa shape index (κ2) is 8.07. The first kappa shape index (κ1) is 19.2. The number of aromatic nitrogens is 1. The fourth-order valence-electron chi connectivity index (χ4n) is 3.99. The molecule has 2 aromatic rings. The van der Waals surface area contributed by atoms with E-state index in [1.54, 1.807) is 0 Å². The van der Waals surface area contributed by atoms with E-state index in [0.29, 0.717) is 36.0 Å². The third-order valence-corrected chi connectivity index (χ3v) is 6.11. The van der Waals surface area contributed by atoms with Crippen molar-refractivity contribution in [2.45, 2.75) is 38.5 Å². The summed E-state index contributed by atoms with van der Waals surface area (Å²) < 4.78 is 6.76. The maximum atomic E-state index is 12.7. The van der Waals surface area contributed by atoms with Gasteiger partial charge in [-0.15, -0.1) is 0 Å². The molecule has 6 nitrogen and oxygen atoms in total. The molecule has 0 unspecified atom stereocenters. The van der Waals surface area contributed by atoms with Gasteiger partial charge in [0, 0.05) is 42.1 Å². The first-order chi connectivity index (χ1) is 13.5. The zero-order valence-electron chi connectivity index (χ0n) is 16.0. The average Bonchev–Trinajstić information content (AvgIpc) is 3.37. The highest BCUT2D eigenvalue weighted by atomic mass is 79.9. The Labute approximate surface area is 173 Å². The molecule has 4 rings (SSSR count). The molecule has 1 aromatic heterocycles. The molecule has 0 radical (unpaired) electrons. The van der Waals surface area contributed by atoms with Crippen LogP contribution in [-0.2, 0) is 0 Å². The van der Waals surface area contributed by atoms with Crippen LogP contribution in [0.15, 0.2) is 33.2 Å². The Hall–Kier alpha value is -2.15. The van der Waals surface area contributed by atoms with Gasteiger partial charge in [0.2, 0.25) is 0 Å². The number of amides is 2. The summed E-state index contributed by atoms with van der Waals surface area (Å²) in [6, 6.07) is 7.47. The van der Waals surface area contributed by atoms with Gasteiger partial charge in [0.15, 0.2) is 11.6 Å². The van der Waals surface area contributed by atoms with Crippen LogP contribution in [0.5, 0.6) is 0 Å². The second-order valence-corrected chi connectivity index (χ2v) is 8.45. The fraction of sp³-hybridized carbons (Fsp3) is 0.476. The standard InChI is InChI=1S/C21H24BrN3O3/c1-14-18(21(27)24-9-2-3-10-24)23-19(28-14)15-7-11-25(12-8-15)20(26)16-5-4-6-17(22)13-16/h4-6,13,15H,2-3,7-12H2,1H3. The first-order valence-electron chi connectivity index (χ1n) is 9.84. The summed E-state index contributed by atoms with van der Waals surface area (Å²) in [6.07, 6.45) is 3.69. The van der Waals surface area contributed by atoms with Crippen LogP contribution in [-0.4, -0.2) is 52.8 Å². The number of hydrogen-bond donors (Lipinski definition) is 0. The lowest BCUT2D eigenvalue weighted by atomic mass is 9.96. The summed E-state index contributed by atoms with van der Waals surface area (Å²) in [5.41, 5.74) is 1.14. The zero-order chi connectivity index (χ0) is 19.7. The maximum absolute atomic E-state index is 12.7. The molecule has 0 aliphatic carbocycles. The van der Waals surface area contributed by atoms with Gasteiger partial charge in [0.25, 0.3) is 11.8 Å². The monoisotopic (exact) mass is 445 g/mol. The smallest absolute Gasteiger partial charge is 0.276 e. The minimum absolute atomic E-state index is 0.0210. The third-order valence-electron chi connectivity index (χ3n) is 5.61. The molecule has 0 saturated carbocycles. The van der Waals surface area contributed by atoms with Gasteiger partial charge in [0.05, 0.1) is 0 Å². The van der Waals surface area contributed by atoms with Crippen molar-refractivity contribution in [2.75, 3.05) is 26.2 Å². The molecule has 1 aromatic carbocycles. The number of nitrogens with zero attached hydrogens (tertiary/aromatic N) is 3. The molecule has 28 heavy (non-hydrogen) atoms. The Morgan fingerprint density at radius 1 is 1.07 bits per heavy atom. The summed E-state index contributed by atoms with van der Waals surface area (Å²) in [4.78, 5) is 33.6. The molecule has 2 fully saturated rings. The minimum atomic E-state index is -0.0210. The molecule has 0 N–H and O–H groups in total. The molecular formula is C21H24BrN3O3. The lowest BCUT2D eigenvalue weighted by Gasteiger charge is -2.30. The predicted octanol–water partition coefficient (Wildman–Crippen LogP) is 4.00. The highest BCUT2D eigenvalue weighted by Crippen LogP contribution is 2.30. The number of likely N-dealkylation sites (tertiary alicyclic amines) is 2. The summed E-state index contributed by atoms with van der Waals surface area (Å²) in [5, 5.41) is 0. The van der Waals surface area contributed by atoms with Crippen molar-refractivity contribution in [3.05, 3.63) is 51.6 Å². The van der Waals surface area contributed by atoms with Crippen LogP contribution in [0.25, 0.3) is 0 Å². The van der Waals surface area contributed by atoms with Gasteiger partial charge in [-0.1, -0.05) is 22.0 Å². The normalized spacial score (nSPS) is 17.9. The van der Waals surface area contributed by atoms with Gasteiger partial charge in [-0.05, 0) is 50.8 Å². The predicted molar refractivity (Wildman–Crippen MR) is 108 cm³/mol. The summed E-state index contributed by atoms with van der Waals surface area (Å²) in [6.45, 7) is 4.73. The molecule has 0 atom stereocenters. The number of benzene rings is 1. The van der Waals surface area contributed by atoms with E-state index in [4.69, 9.17) is 4.42 Å². The number of piperidine rings is 1. The van der Waals surface area contributed by atoms with E-state index in [1.807, 2.05) is 41.0 Å². The number of rotatable bonds is 3. The molecule has 0 bridgehead atoms. The second-order valence-electron chi connectivity index (χ2n) is 7.53. The molecular weight excluding hydrogens is 422 g/mol. The molecule has 2 aliphatic heterocycles. The van der Waals surface area contributed by atoms with Crippen LogP contribution >= 0.6 is 15.9 Å². The van der Waals surface area contributed by atoms with Crippen LogP contribution in [0.4, 0.5) is 0 Å². The van der Waals surface area contributed by atoms with Crippen molar-refractivity contribution < 1.29 is 14.0 Å². The highest BCUT2D eigenvalue weighted by Gasteiger charge is 2.30. The number of aryl methyl sites for hydroxylation is 1. The zero-order valence-corrected chi connectivity index (χ0v) is 17.6. The van der Waals surface area contributed by atoms with E-state index in [0.717, 1.165) is 43.2 Å². The van der Waals surface area contributed by atoms with Gasteiger partial charge < -0.3 is 14.2 Å². The van der Waals surface area contributed by atoms with E-state index in [9.17, 15) is 9.59 Å². The van der Waals surface area contributed by atoms with Crippen molar-refractivity contribution in [3.63, 3.8) is 0 Å². The van der Waals surface area contributed by atoms with Crippen molar-refractivity contribution in [1.29, 1.82) is 0 Å². The van der Waals surface area contributed by atoms with E-state index in [-0.39, 0.29) is 17.7 Å². The third kappa shape index (κ3) is 3.85. The number of hydrogen-bond acceptors (Lipinski definition) is 4. The number of carbonyl (C=O) groups is 2. The minimum Gasteiger partial charge on any atom is -0.445 e. The lowest BCUT2D eigenvalue weighted by molar-refractivity contribution is 0.0705. The maximum Gasteiger partial charge on any atom is 0.276 e. The van der Waals surface area contributed by atoms with Crippen molar-refractivity contribution >= 4 is 27.7 Å². The van der Waals surface area contributed by atoms with Gasteiger partial charge in [-0.3, -0.25) is 9.59 Å². The van der Waals surface area contributed by atoms with Crippen LogP contribution in [0.2, 0.25) is 0 Å². The van der Waals surface area contributed by atoms with Crippen molar-refractivity contribution in [3.8, 4) is 0 Å². The molecule has 2 aliphatic rings. The van der Waals surface area contributed by atoms with Crippen LogP contribution in [0, 0.1) is 6.92 Å². The van der Waals surface area contributed by atoms with Gasteiger partial charge in [-0.25, -0.2) is 4.98 Å². The number of halogens is 1. The van der Waals surface area contributed by atoms with Gasteiger partial charge in [-0.2, -0.15) is 0 Å². The van der Waals surface area contributed by atoms with E-state index < -0.39 is 0 Å². The summed E-state index contributed by atoms with van der Waals surface area (Å²) in [7, 11) is 0. The lowest BCUT2D eigenvalue weighted by Crippen LogP contribution is -2.38. The number of carbonyl (C=O) groups excluding carboxylic acids is 2. The van der Waals surface area contributed by atoms with Crippen LogP contribution in [0.1, 0.15) is 64.1 Å². The quantitative estimate of drug-likeness (QED) is 0.715. The highest BCUT2D eigenvalue weighted by molar-refractivity contribution is 9.10. The van der Waals surface area contributed by atoms with Crippen LogP contribution < -0.4 is 0 Å². The summed E-state index contributed by atoms with van der Waals surface area (Å²) >= 11 is 3.42. The largest absolute Gasteiger partial charge is 0.445 e. The average molecular weight is 446 g/mol. The molecule has 7 heteroatoms. The summed E-state index contributed by atoms with van der Waals surface area (Å²) in [5.74, 6) is 1.40. The number of oxazole rings is 1. The van der Waals surface area contributed by atoms with E-state index in [2.05, 4.69) is 20.9 Å². The Bertz CT molecular complexity index is 881. The molecule has 2 amide bonds. The van der Waals surface area contributed by atoms with Crippen LogP contribution in [0.3, 0.4) is 0 Å². The molecule has 148 valence electrons. The van der Waals surface area contributed by atoms with Gasteiger partial charge >= 0.3 is 0 Å². The van der Waals surface area contributed by atoms with E-state index in [1.165, 1.54) is 0 Å². The van der Waals surface area contributed by atoms with Crippen molar-refractivity contribution in [2.24, 2.45) is 0 Å².